The van der Waals surface area contributed by atoms with Crippen LogP contribution < -0.4 is 10.6 Å². The van der Waals surface area contributed by atoms with E-state index >= 15 is 0 Å². The van der Waals surface area contributed by atoms with E-state index in [9.17, 15) is 14.0 Å². The van der Waals surface area contributed by atoms with Crippen LogP contribution in [0.5, 0.6) is 0 Å². The van der Waals surface area contributed by atoms with E-state index in [0.717, 1.165) is 6.07 Å². The quantitative estimate of drug-likeness (QED) is 0.779. The normalized spacial score (nSPS) is 10.1. The van der Waals surface area contributed by atoms with Gasteiger partial charge in [0.05, 0.1) is 12.2 Å². The molecule has 2 rings (SSSR count). The third-order valence-corrected chi connectivity index (χ3v) is 2.66. The number of anilines is 1. The highest BCUT2D eigenvalue weighted by Crippen LogP contribution is 2.18. The van der Waals surface area contributed by atoms with Gasteiger partial charge in [0.15, 0.2) is 0 Å². The zero-order valence-corrected chi connectivity index (χ0v) is 10.9. The van der Waals surface area contributed by atoms with Crippen molar-refractivity contribution < 1.29 is 19.1 Å². The molecule has 0 fully saturated rings. The van der Waals surface area contributed by atoms with Crippen molar-refractivity contribution in [1.82, 2.24) is 15.1 Å². The summed E-state index contributed by atoms with van der Waals surface area (Å²) in [7, 11) is 0. The molecule has 0 saturated heterocycles. The molecule has 0 aliphatic carbocycles. The monoisotopic (exact) mass is 292 g/mol. The van der Waals surface area contributed by atoms with Crippen LogP contribution in [0, 0.1) is 5.82 Å². The predicted octanol–water partition coefficient (Wildman–Crippen LogP) is 1.54. The third-order valence-electron chi connectivity index (χ3n) is 2.66. The number of nitrogens with zero attached hydrogens (tertiary/aromatic N) is 2. The first-order valence-corrected chi connectivity index (χ1v) is 6.12. The standard InChI is InChI=1S/C13H13FN4O3/c14-9-3-1-4-10(11(9)12(19)20)17-13(21)15-6-8-18-7-2-5-16-18/h1-5,7H,6,8H2,(H,19,20)(H2,15,17,21). The molecule has 2 aromatic rings. The van der Waals surface area contributed by atoms with Crippen LogP contribution >= 0.6 is 0 Å². The fraction of sp³-hybridized carbons (Fsp3) is 0.154. The molecule has 0 unspecified atom stereocenters. The van der Waals surface area contributed by atoms with Crippen LogP contribution in [0.25, 0.3) is 0 Å². The maximum atomic E-state index is 13.4. The minimum Gasteiger partial charge on any atom is -0.478 e. The van der Waals surface area contributed by atoms with Gasteiger partial charge in [0.2, 0.25) is 0 Å². The largest absolute Gasteiger partial charge is 0.478 e. The van der Waals surface area contributed by atoms with Crippen molar-refractivity contribution in [2.45, 2.75) is 6.54 Å². The molecule has 1 aromatic heterocycles. The number of amides is 2. The van der Waals surface area contributed by atoms with Gasteiger partial charge in [0, 0.05) is 18.9 Å². The minimum absolute atomic E-state index is 0.0981. The Kier molecular flexibility index (Phi) is 4.50. The number of carbonyl (C=O) groups is 2. The summed E-state index contributed by atoms with van der Waals surface area (Å²) in [6.45, 7) is 0.764. The summed E-state index contributed by atoms with van der Waals surface area (Å²) in [5.41, 5.74) is -0.668. The van der Waals surface area contributed by atoms with Gasteiger partial charge in [0.1, 0.15) is 11.4 Å². The van der Waals surface area contributed by atoms with Crippen LogP contribution in [0.1, 0.15) is 10.4 Å². The van der Waals surface area contributed by atoms with E-state index in [-0.39, 0.29) is 5.69 Å². The molecule has 1 aromatic carbocycles. The first kappa shape index (κ1) is 14.5. The average Bonchev–Trinajstić information content (AvgIpc) is 2.91. The summed E-state index contributed by atoms with van der Waals surface area (Å²) < 4.78 is 15.1. The molecule has 0 aliphatic rings. The summed E-state index contributed by atoms with van der Waals surface area (Å²) in [5.74, 6) is -2.35. The Morgan fingerprint density at radius 2 is 2.14 bits per heavy atom. The van der Waals surface area contributed by atoms with Crippen molar-refractivity contribution in [2.24, 2.45) is 0 Å². The van der Waals surface area contributed by atoms with Gasteiger partial charge in [0.25, 0.3) is 0 Å². The second-order valence-corrected chi connectivity index (χ2v) is 4.12. The Morgan fingerprint density at radius 3 is 2.81 bits per heavy atom. The number of hydrogen-bond acceptors (Lipinski definition) is 3. The molecular weight excluding hydrogens is 279 g/mol. The first-order valence-electron chi connectivity index (χ1n) is 6.12. The summed E-state index contributed by atoms with van der Waals surface area (Å²) in [6.07, 6.45) is 3.36. The molecule has 21 heavy (non-hydrogen) atoms. The van der Waals surface area contributed by atoms with Gasteiger partial charge in [-0.2, -0.15) is 5.10 Å². The molecule has 0 atom stereocenters. The number of rotatable bonds is 5. The molecule has 7 nitrogen and oxygen atoms in total. The van der Waals surface area contributed by atoms with Crippen LogP contribution in [-0.2, 0) is 6.54 Å². The Bertz CT molecular complexity index is 643. The zero-order valence-electron chi connectivity index (χ0n) is 10.9. The number of benzene rings is 1. The fourth-order valence-corrected chi connectivity index (χ4v) is 1.73. The Balaban J connectivity index is 1.93. The van der Waals surface area contributed by atoms with Crippen molar-refractivity contribution in [3.8, 4) is 0 Å². The number of carbonyl (C=O) groups excluding carboxylic acids is 1. The molecule has 8 heteroatoms. The molecule has 110 valence electrons. The van der Waals surface area contributed by atoms with Gasteiger partial charge in [-0.3, -0.25) is 4.68 Å². The average molecular weight is 292 g/mol. The highest BCUT2D eigenvalue weighted by atomic mass is 19.1. The Hall–Kier alpha value is -2.90. The van der Waals surface area contributed by atoms with Crippen molar-refractivity contribution in [3.05, 3.63) is 48.0 Å². The number of carboxylic acids is 1. The van der Waals surface area contributed by atoms with Crippen molar-refractivity contribution >= 4 is 17.7 Å². The molecule has 0 saturated carbocycles. The van der Waals surface area contributed by atoms with Gasteiger partial charge >= 0.3 is 12.0 Å². The lowest BCUT2D eigenvalue weighted by molar-refractivity contribution is 0.0693. The van der Waals surface area contributed by atoms with Crippen molar-refractivity contribution in [3.63, 3.8) is 0 Å². The van der Waals surface area contributed by atoms with Gasteiger partial charge in [-0.25, -0.2) is 14.0 Å². The zero-order chi connectivity index (χ0) is 15.2. The second-order valence-electron chi connectivity index (χ2n) is 4.12. The Labute approximate surface area is 119 Å². The number of aromatic nitrogens is 2. The second kappa shape index (κ2) is 6.51. The molecule has 0 aliphatic heterocycles. The highest BCUT2D eigenvalue weighted by molar-refractivity contribution is 6.00. The van der Waals surface area contributed by atoms with E-state index in [4.69, 9.17) is 5.11 Å². The first-order chi connectivity index (χ1) is 10.1. The molecular formula is C13H13FN4O3. The maximum absolute atomic E-state index is 13.4. The molecule has 1 heterocycles. The molecule has 0 bridgehead atoms. The summed E-state index contributed by atoms with van der Waals surface area (Å²) >= 11 is 0. The van der Waals surface area contributed by atoms with Crippen LogP contribution in [-0.4, -0.2) is 33.4 Å². The molecule has 2 amide bonds. The van der Waals surface area contributed by atoms with Crippen molar-refractivity contribution in [1.29, 1.82) is 0 Å². The number of urea groups is 1. The Morgan fingerprint density at radius 1 is 1.33 bits per heavy atom. The number of aromatic carboxylic acids is 1. The number of halogens is 1. The van der Waals surface area contributed by atoms with Gasteiger partial charge < -0.3 is 15.7 Å². The van der Waals surface area contributed by atoms with E-state index in [1.165, 1.54) is 12.1 Å². The predicted molar refractivity (Wildman–Crippen MR) is 72.6 cm³/mol. The van der Waals surface area contributed by atoms with E-state index in [1.54, 1.807) is 23.1 Å². The van der Waals surface area contributed by atoms with E-state index in [2.05, 4.69) is 15.7 Å². The highest BCUT2D eigenvalue weighted by Gasteiger charge is 2.16. The lowest BCUT2D eigenvalue weighted by atomic mass is 10.1. The van der Waals surface area contributed by atoms with Gasteiger partial charge in [-0.15, -0.1) is 0 Å². The van der Waals surface area contributed by atoms with E-state index in [0.29, 0.717) is 13.1 Å². The fourth-order valence-electron chi connectivity index (χ4n) is 1.73. The van der Waals surface area contributed by atoms with E-state index in [1.807, 2.05) is 0 Å². The molecule has 3 N–H and O–H groups in total. The topological polar surface area (TPSA) is 96.3 Å². The number of nitrogens with one attached hydrogen (secondary N) is 2. The maximum Gasteiger partial charge on any atom is 0.340 e. The summed E-state index contributed by atoms with van der Waals surface area (Å²) in [5, 5.41) is 17.7. The van der Waals surface area contributed by atoms with Crippen LogP contribution in [0.3, 0.4) is 0 Å². The van der Waals surface area contributed by atoms with Crippen molar-refractivity contribution in [2.75, 3.05) is 11.9 Å². The van der Waals surface area contributed by atoms with Crippen LogP contribution in [0.2, 0.25) is 0 Å². The molecule has 0 radical (unpaired) electrons. The lowest BCUT2D eigenvalue weighted by Crippen LogP contribution is -2.32. The number of hydrogen-bond donors (Lipinski definition) is 3. The number of carboxylic acid groups (broad SMARTS) is 1. The SMILES string of the molecule is O=C(NCCn1cccn1)Nc1cccc(F)c1C(=O)O. The van der Waals surface area contributed by atoms with Gasteiger partial charge in [-0.05, 0) is 18.2 Å². The minimum atomic E-state index is -1.44. The van der Waals surface area contributed by atoms with E-state index < -0.39 is 23.4 Å². The lowest BCUT2D eigenvalue weighted by Gasteiger charge is -2.10. The summed E-state index contributed by atoms with van der Waals surface area (Å²) in [6, 6.07) is 4.80. The smallest absolute Gasteiger partial charge is 0.340 e. The van der Waals surface area contributed by atoms with Gasteiger partial charge in [-0.1, -0.05) is 6.07 Å². The van der Waals surface area contributed by atoms with Crippen LogP contribution in [0.15, 0.2) is 36.7 Å². The molecule has 0 spiro atoms. The van der Waals surface area contributed by atoms with Crippen LogP contribution in [0.4, 0.5) is 14.9 Å². The third kappa shape index (κ3) is 3.78. The summed E-state index contributed by atoms with van der Waals surface area (Å²) in [4.78, 5) is 22.6.